The van der Waals surface area contributed by atoms with Gasteiger partial charge in [0.25, 0.3) is 5.69 Å². The number of hydrogen-bond donors (Lipinski definition) is 0. The third-order valence-corrected chi connectivity index (χ3v) is 4.36. The summed E-state index contributed by atoms with van der Waals surface area (Å²) in [6.45, 7) is 2.88. The van der Waals surface area contributed by atoms with Crippen molar-refractivity contribution in [2.45, 2.75) is 25.6 Å². The molecule has 1 aliphatic heterocycles. The van der Waals surface area contributed by atoms with Crippen molar-refractivity contribution in [2.24, 2.45) is 0 Å². The summed E-state index contributed by atoms with van der Waals surface area (Å²) < 4.78 is 16.9. The van der Waals surface area contributed by atoms with Gasteiger partial charge < -0.3 is 14.2 Å². The summed E-state index contributed by atoms with van der Waals surface area (Å²) >= 11 is 0. The largest absolute Gasteiger partial charge is 0.466 e. The SMILES string of the molecule is CCOC(=O)Cc1ccc(C2(c3ccccc3)OCCCO2)cc1[N+](=O)[O-]. The van der Waals surface area contributed by atoms with Crippen LogP contribution < -0.4 is 0 Å². The van der Waals surface area contributed by atoms with Gasteiger partial charge in [-0.25, -0.2) is 0 Å². The fourth-order valence-corrected chi connectivity index (χ4v) is 3.15. The van der Waals surface area contributed by atoms with Gasteiger partial charge in [-0.3, -0.25) is 14.9 Å². The second kappa shape index (κ2) is 8.28. The van der Waals surface area contributed by atoms with E-state index < -0.39 is 16.7 Å². The number of ether oxygens (including phenoxy) is 3. The highest BCUT2D eigenvalue weighted by molar-refractivity contribution is 5.74. The van der Waals surface area contributed by atoms with E-state index in [0.29, 0.717) is 24.3 Å². The van der Waals surface area contributed by atoms with Crippen molar-refractivity contribution in [3.8, 4) is 0 Å². The Morgan fingerprint density at radius 1 is 1.15 bits per heavy atom. The van der Waals surface area contributed by atoms with Gasteiger partial charge in [0.1, 0.15) is 0 Å². The highest BCUT2D eigenvalue weighted by Crippen LogP contribution is 2.39. The Labute approximate surface area is 157 Å². The predicted octanol–water partition coefficient (Wildman–Crippen LogP) is 3.34. The second-order valence-corrected chi connectivity index (χ2v) is 6.12. The molecule has 2 aromatic carbocycles. The van der Waals surface area contributed by atoms with Gasteiger partial charge in [-0.2, -0.15) is 0 Å². The van der Waals surface area contributed by atoms with Crippen LogP contribution in [-0.4, -0.2) is 30.7 Å². The molecule has 0 radical (unpaired) electrons. The lowest BCUT2D eigenvalue weighted by atomic mass is 9.94. The number of nitro groups is 1. The first-order valence-corrected chi connectivity index (χ1v) is 8.83. The third-order valence-electron chi connectivity index (χ3n) is 4.36. The Hall–Kier alpha value is -2.77. The van der Waals surface area contributed by atoms with Crippen molar-refractivity contribution in [3.05, 3.63) is 75.3 Å². The Morgan fingerprint density at radius 3 is 2.48 bits per heavy atom. The zero-order valence-electron chi connectivity index (χ0n) is 15.1. The van der Waals surface area contributed by atoms with E-state index in [2.05, 4.69) is 0 Å². The fourth-order valence-electron chi connectivity index (χ4n) is 3.15. The van der Waals surface area contributed by atoms with E-state index in [0.717, 1.165) is 12.0 Å². The number of hydrogen-bond acceptors (Lipinski definition) is 6. The van der Waals surface area contributed by atoms with E-state index >= 15 is 0 Å². The molecule has 0 spiro atoms. The maximum Gasteiger partial charge on any atom is 0.310 e. The summed E-state index contributed by atoms with van der Waals surface area (Å²) in [6.07, 6.45) is 0.585. The molecule has 0 bridgehead atoms. The Morgan fingerprint density at radius 2 is 1.85 bits per heavy atom. The van der Waals surface area contributed by atoms with Crippen molar-refractivity contribution in [3.63, 3.8) is 0 Å². The number of benzene rings is 2. The van der Waals surface area contributed by atoms with Crippen LogP contribution in [0.3, 0.4) is 0 Å². The molecular weight excluding hydrogens is 350 g/mol. The molecule has 0 amide bonds. The minimum atomic E-state index is -1.20. The molecule has 1 heterocycles. The van der Waals surface area contributed by atoms with Crippen molar-refractivity contribution in [2.75, 3.05) is 19.8 Å². The van der Waals surface area contributed by atoms with Crippen LogP contribution in [0.4, 0.5) is 5.69 Å². The Bertz CT molecular complexity index is 814. The lowest BCUT2D eigenvalue weighted by Crippen LogP contribution is -2.39. The van der Waals surface area contributed by atoms with E-state index in [-0.39, 0.29) is 18.7 Å². The number of esters is 1. The molecule has 1 fully saturated rings. The Kier molecular flexibility index (Phi) is 5.83. The molecular formula is C20H21NO6. The van der Waals surface area contributed by atoms with Gasteiger partial charge in [0, 0.05) is 22.8 Å². The molecule has 2 aromatic rings. The topological polar surface area (TPSA) is 87.9 Å². The molecule has 0 atom stereocenters. The van der Waals surface area contributed by atoms with Crippen molar-refractivity contribution < 1.29 is 23.9 Å². The van der Waals surface area contributed by atoms with Crippen LogP contribution in [0.25, 0.3) is 0 Å². The van der Waals surface area contributed by atoms with E-state index in [9.17, 15) is 14.9 Å². The van der Waals surface area contributed by atoms with Crippen LogP contribution in [0.1, 0.15) is 30.0 Å². The van der Waals surface area contributed by atoms with E-state index in [1.165, 1.54) is 6.07 Å². The smallest absolute Gasteiger partial charge is 0.310 e. The molecule has 0 unspecified atom stereocenters. The zero-order valence-corrected chi connectivity index (χ0v) is 15.1. The highest BCUT2D eigenvalue weighted by Gasteiger charge is 2.40. The number of nitro benzene ring substituents is 1. The monoisotopic (exact) mass is 371 g/mol. The van der Waals surface area contributed by atoms with Gasteiger partial charge in [0.05, 0.1) is 31.2 Å². The Balaban J connectivity index is 2.04. The van der Waals surface area contributed by atoms with Gasteiger partial charge in [-0.15, -0.1) is 0 Å². The first kappa shape index (κ1) is 19.0. The summed E-state index contributed by atoms with van der Waals surface area (Å²) in [5, 5.41) is 11.6. The van der Waals surface area contributed by atoms with Crippen molar-refractivity contribution in [1.29, 1.82) is 0 Å². The molecule has 1 aliphatic rings. The number of carbonyl (C=O) groups is 1. The molecule has 7 nitrogen and oxygen atoms in total. The predicted molar refractivity (Wildman–Crippen MR) is 97.2 cm³/mol. The second-order valence-electron chi connectivity index (χ2n) is 6.12. The summed E-state index contributed by atoms with van der Waals surface area (Å²) in [7, 11) is 0. The number of carbonyl (C=O) groups excluding carboxylic acids is 1. The quantitative estimate of drug-likeness (QED) is 0.440. The van der Waals surface area contributed by atoms with Crippen LogP contribution in [0, 0.1) is 10.1 Å². The molecule has 0 aromatic heterocycles. The van der Waals surface area contributed by atoms with Gasteiger partial charge >= 0.3 is 5.97 Å². The van der Waals surface area contributed by atoms with Crippen molar-refractivity contribution in [1.82, 2.24) is 0 Å². The van der Waals surface area contributed by atoms with Gasteiger partial charge in [0.15, 0.2) is 0 Å². The van der Waals surface area contributed by atoms with E-state index in [4.69, 9.17) is 14.2 Å². The van der Waals surface area contributed by atoms with Gasteiger partial charge in [-0.05, 0) is 13.3 Å². The minimum Gasteiger partial charge on any atom is -0.466 e. The summed E-state index contributed by atoms with van der Waals surface area (Å²) in [5.41, 5.74) is 1.42. The van der Waals surface area contributed by atoms with Crippen LogP contribution in [-0.2, 0) is 31.2 Å². The molecule has 0 N–H and O–H groups in total. The van der Waals surface area contributed by atoms with Crippen LogP contribution in [0.2, 0.25) is 0 Å². The van der Waals surface area contributed by atoms with Crippen molar-refractivity contribution >= 4 is 11.7 Å². The number of nitrogens with zero attached hydrogens (tertiary/aromatic N) is 1. The molecule has 1 saturated heterocycles. The summed E-state index contributed by atoms with van der Waals surface area (Å²) in [5.74, 6) is -1.71. The molecule has 0 aliphatic carbocycles. The third kappa shape index (κ3) is 3.99. The molecule has 0 saturated carbocycles. The van der Waals surface area contributed by atoms with Gasteiger partial charge in [0.2, 0.25) is 5.79 Å². The van der Waals surface area contributed by atoms with E-state index in [1.807, 2.05) is 30.3 Å². The molecule has 7 heteroatoms. The van der Waals surface area contributed by atoms with Crippen LogP contribution >= 0.6 is 0 Å². The lowest BCUT2D eigenvalue weighted by Gasteiger charge is -2.38. The molecule has 142 valence electrons. The first-order valence-electron chi connectivity index (χ1n) is 8.83. The summed E-state index contributed by atoms with van der Waals surface area (Å²) in [6, 6.07) is 14.0. The first-order chi connectivity index (χ1) is 13.1. The normalized spacial score (nSPS) is 15.9. The highest BCUT2D eigenvalue weighted by atomic mass is 16.7. The average Bonchev–Trinajstić information content (AvgIpc) is 2.69. The molecule has 3 rings (SSSR count). The van der Waals surface area contributed by atoms with E-state index in [1.54, 1.807) is 19.1 Å². The standard InChI is InChI=1S/C20H21NO6/c1-2-25-19(22)13-15-9-10-17(14-18(15)21(23)24)20(26-11-6-12-27-20)16-7-4-3-5-8-16/h3-5,7-10,14H,2,6,11-13H2,1H3. The summed E-state index contributed by atoms with van der Waals surface area (Å²) in [4.78, 5) is 22.9. The maximum atomic E-state index is 11.8. The van der Waals surface area contributed by atoms with Crippen LogP contribution in [0.5, 0.6) is 0 Å². The average molecular weight is 371 g/mol. The zero-order chi connectivity index (χ0) is 19.3. The lowest BCUT2D eigenvalue weighted by molar-refractivity contribution is -0.385. The minimum absolute atomic E-state index is 0.159. The molecule has 27 heavy (non-hydrogen) atoms. The van der Waals surface area contributed by atoms with Crippen LogP contribution in [0.15, 0.2) is 48.5 Å². The number of rotatable bonds is 6. The van der Waals surface area contributed by atoms with Gasteiger partial charge in [-0.1, -0.05) is 42.5 Å². The fraction of sp³-hybridized carbons (Fsp3) is 0.350. The maximum absolute atomic E-state index is 11.8.